The molecule has 0 aliphatic heterocycles. The van der Waals surface area contributed by atoms with E-state index < -0.39 is 0 Å². The van der Waals surface area contributed by atoms with Crippen molar-refractivity contribution in [2.45, 2.75) is 13.5 Å². The molecule has 0 aliphatic carbocycles. The van der Waals surface area contributed by atoms with Gasteiger partial charge in [-0.05, 0) is 6.92 Å². The number of hydrogen-bond donors (Lipinski definition) is 2. The summed E-state index contributed by atoms with van der Waals surface area (Å²) in [6, 6.07) is 0. The summed E-state index contributed by atoms with van der Waals surface area (Å²) in [4.78, 5) is 3.79. The number of aliphatic imine (C=N–C) groups is 1. The second-order valence-corrected chi connectivity index (χ2v) is 3.22. The van der Waals surface area contributed by atoms with Gasteiger partial charge in [0.05, 0.1) is 6.54 Å². The first-order valence-electron chi connectivity index (χ1n) is 3.03. The van der Waals surface area contributed by atoms with Gasteiger partial charge < -0.3 is 11.5 Å². The lowest BCUT2D eigenvalue weighted by Crippen LogP contribution is -2.22. The lowest BCUT2D eigenvalue weighted by molar-refractivity contribution is 0.941. The Bertz CT molecular complexity index is 262. The predicted octanol–water partition coefficient (Wildman–Crippen LogP) is -0.380. The number of hydrogen-bond acceptors (Lipinski definition) is 4. The third kappa shape index (κ3) is 2.50. The highest BCUT2D eigenvalue weighted by molar-refractivity contribution is 7.11. The summed E-state index contributed by atoms with van der Waals surface area (Å²) in [5, 5.41) is 9.40. The molecule has 1 aromatic heterocycles. The van der Waals surface area contributed by atoms with Crippen LogP contribution in [0.1, 0.15) is 10.0 Å². The largest absolute Gasteiger partial charge is 0.370 e. The maximum atomic E-state index is 5.13. The van der Waals surface area contributed by atoms with Gasteiger partial charge in [0.15, 0.2) is 5.96 Å². The van der Waals surface area contributed by atoms with Crippen LogP contribution in [-0.2, 0) is 6.54 Å². The fraction of sp³-hybridized carbons (Fsp3) is 0.400. The Balaban J connectivity index is 2.58. The molecule has 0 spiro atoms. The van der Waals surface area contributed by atoms with Crippen molar-refractivity contribution in [3.05, 3.63) is 10.0 Å². The molecule has 11 heavy (non-hydrogen) atoms. The van der Waals surface area contributed by atoms with E-state index in [1.807, 2.05) is 6.92 Å². The Kier molecular flexibility index (Phi) is 2.37. The molecule has 0 saturated carbocycles. The normalized spacial score (nSPS) is 9.55. The quantitative estimate of drug-likeness (QED) is 0.469. The van der Waals surface area contributed by atoms with Gasteiger partial charge in [-0.1, -0.05) is 11.3 Å². The van der Waals surface area contributed by atoms with Crippen LogP contribution in [0.25, 0.3) is 0 Å². The van der Waals surface area contributed by atoms with Crippen molar-refractivity contribution in [2.24, 2.45) is 16.5 Å². The molecular formula is C5H9N5S. The van der Waals surface area contributed by atoms with Gasteiger partial charge in [0.25, 0.3) is 0 Å². The SMILES string of the molecule is Cc1nnc(CN=C(N)N)s1. The molecule has 1 aromatic rings. The van der Waals surface area contributed by atoms with E-state index in [1.165, 1.54) is 11.3 Å². The molecule has 60 valence electrons. The molecule has 4 N–H and O–H groups in total. The smallest absolute Gasteiger partial charge is 0.186 e. The fourth-order valence-electron chi connectivity index (χ4n) is 0.560. The minimum Gasteiger partial charge on any atom is -0.370 e. The van der Waals surface area contributed by atoms with Crippen molar-refractivity contribution >= 4 is 17.3 Å². The topological polar surface area (TPSA) is 90.2 Å². The molecule has 5 nitrogen and oxygen atoms in total. The Hall–Kier alpha value is -1.17. The number of aromatic nitrogens is 2. The summed E-state index contributed by atoms with van der Waals surface area (Å²) < 4.78 is 0. The van der Waals surface area contributed by atoms with Gasteiger partial charge in [-0.2, -0.15) is 0 Å². The summed E-state index contributed by atoms with van der Waals surface area (Å²) in [7, 11) is 0. The number of nitrogens with zero attached hydrogens (tertiary/aromatic N) is 3. The third-order valence-corrected chi connectivity index (χ3v) is 1.79. The first-order chi connectivity index (χ1) is 5.18. The van der Waals surface area contributed by atoms with Crippen LogP contribution in [0.5, 0.6) is 0 Å². The van der Waals surface area contributed by atoms with Crippen LogP contribution in [0.3, 0.4) is 0 Å². The van der Waals surface area contributed by atoms with Gasteiger partial charge in [0, 0.05) is 0 Å². The molecule has 1 heterocycles. The standard InChI is InChI=1S/C5H9N5S/c1-3-9-10-4(11-3)2-8-5(6)7/h2H2,1H3,(H4,6,7,8). The Labute approximate surface area is 68.1 Å². The van der Waals surface area contributed by atoms with Crippen molar-refractivity contribution in [3.8, 4) is 0 Å². The van der Waals surface area contributed by atoms with Crippen molar-refractivity contribution in [2.75, 3.05) is 0 Å². The lowest BCUT2D eigenvalue weighted by atomic mass is 10.7. The lowest BCUT2D eigenvalue weighted by Gasteiger charge is -1.87. The zero-order valence-corrected chi connectivity index (χ0v) is 6.93. The van der Waals surface area contributed by atoms with Crippen LogP contribution >= 0.6 is 11.3 Å². The first kappa shape index (κ1) is 7.93. The van der Waals surface area contributed by atoms with Crippen LogP contribution in [0.15, 0.2) is 4.99 Å². The number of rotatable bonds is 2. The minimum absolute atomic E-state index is 0.0813. The molecule has 0 aliphatic rings. The second kappa shape index (κ2) is 3.29. The first-order valence-corrected chi connectivity index (χ1v) is 3.84. The Morgan fingerprint density at radius 3 is 2.73 bits per heavy atom. The second-order valence-electron chi connectivity index (χ2n) is 1.96. The van der Waals surface area contributed by atoms with E-state index >= 15 is 0 Å². The van der Waals surface area contributed by atoms with E-state index in [0.717, 1.165) is 10.0 Å². The highest BCUT2D eigenvalue weighted by Gasteiger charge is 1.97. The summed E-state index contributed by atoms with van der Waals surface area (Å²) >= 11 is 1.49. The van der Waals surface area contributed by atoms with Crippen LogP contribution in [0, 0.1) is 6.92 Å². The van der Waals surface area contributed by atoms with Gasteiger partial charge in [-0.25, -0.2) is 4.99 Å². The van der Waals surface area contributed by atoms with Crippen LogP contribution in [0.2, 0.25) is 0 Å². The van der Waals surface area contributed by atoms with Crippen LogP contribution < -0.4 is 11.5 Å². The highest BCUT2D eigenvalue weighted by atomic mass is 32.1. The van der Waals surface area contributed by atoms with E-state index in [-0.39, 0.29) is 5.96 Å². The molecule has 1 rings (SSSR count). The van der Waals surface area contributed by atoms with Crippen molar-refractivity contribution in [3.63, 3.8) is 0 Å². The molecule has 0 radical (unpaired) electrons. The van der Waals surface area contributed by atoms with E-state index in [0.29, 0.717) is 6.54 Å². The fourth-order valence-corrected chi connectivity index (χ4v) is 1.19. The average Bonchev–Trinajstić information content (AvgIpc) is 2.31. The van der Waals surface area contributed by atoms with Gasteiger partial charge in [0.2, 0.25) is 0 Å². The molecule has 0 atom stereocenters. The van der Waals surface area contributed by atoms with E-state index in [4.69, 9.17) is 11.5 Å². The molecule has 0 bridgehead atoms. The zero-order valence-electron chi connectivity index (χ0n) is 6.11. The monoisotopic (exact) mass is 171 g/mol. The summed E-state index contributed by atoms with van der Waals surface area (Å²) in [6.45, 7) is 2.31. The van der Waals surface area contributed by atoms with Crippen molar-refractivity contribution < 1.29 is 0 Å². The van der Waals surface area contributed by atoms with Gasteiger partial charge >= 0.3 is 0 Å². The molecule has 0 unspecified atom stereocenters. The Morgan fingerprint density at radius 1 is 1.55 bits per heavy atom. The van der Waals surface area contributed by atoms with Crippen LogP contribution in [-0.4, -0.2) is 16.2 Å². The minimum atomic E-state index is 0.0813. The number of aryl methyl sites for hydroxylation is 1. The van der Waals surface area contributed by atoms with Crippen LogP contribution in [0.4, 0.5) is 0 Å². The summed E-state index contributed by atoms with van der Waals surface area (Å²) in [5.41, 5.74) is 10.3. The molecule has 0 fully saturated rings. The van der Waals surface area contributed by atoms with Crippen molar-refractivity contribution in [1.29, 1.82) is 0 Å². The molecule has 0 saturated heterocycles. The van der Waals surface area contributed by atoms with Gasteiger partial charge in [-0.15, -0.1) is 10.2 Å². The maximum absolute atomic E-state index is 5.13. The predicted molar refractivity (Wildman–Crippen MR) is 44.2 cm³/mol. The van der Waals surface area contributed by atoms with Gasteiger partial charge in [-0.3, -0.25) is 0 Å². The number of nitrogens with two attached hydrogens (primary N) is 2. The maximum Gasteiger partial charge on any atom is 0.186 e. The highest BCUT2D eigenvalue weighted by Crippen LogP contribution is 2.08. The third-order valence-electron chi connectivity index (χ3n) is 0.965. The number of guanidine groups is 1. The van der Waals surface area contributed by atoms with E-state index in [2.05, 4.69) is 15.2 Å². The summed E-state index contributed by atoms with van der Waals surface area (Å²) in [6.07, 6.45) is 0. The van der Waals surface area contributed by atoms with Gasteiger partial charge in [0.1, 0.15) is 10.0 Å². The molecule has 0 aromatic carbocycles. The zero-order chi connectivity index (χ0) is 8.27. The molecule has 6 heteroatoms. The molecular weight excluding hydrogens is 162 g/mol. The Morgan fingerprint density at radius 2 is 2.27 bits per heavy atom. The summed E-state index contributed by atoms with van der Waals surface area (Å²) in [5.74, 6) is 0.0813. The average molecular weight is 171 g/mol. The molecule has 0 amide bonds. The van der Waals surface area contributed by atoms with E-state index in [9.17, 15) is 0 Å². The van der Waals surface area contributed by atoms with E-state index in [1.54, 1.807) is 0 Å². The van der Waals surface area contributed by atoms with Crippen molar-refractivity contribution in [1.82, 2.24) is 10.2 Å².